The number of hydrogen-bond acceptors (Lipinski definition) is 4. The first-order valence-electron chi connectivity index (χ1n) is 6.42. The van der Waals surface area contributed by atoms with Gasteiger partial charge in [-0.3, -0.25) is 0 Å². The molecule has 0 radical (unpaired) electrons. The Bertz CT molecular complexity index is 436. The molecule has 1 unspecified atom stereocenters. The lowest BCUT2D eigenvalue weighted by Gasteiger charge is -2.15. The number of nitrogens with one attached hydrogen (secondary N) is 1. The van der Waals surface area contributed by atoms with Crippen molar-refractivity contribution < 1.29 is 19.4 Å². The van der Waals surface area contributed by atoms with Gasteiger partial charge in [0, 0.05) is 6.04 Å². The molecule has 0 saturated carbocycles. The number of carboxylic acid groups (broad SMARTS) is 1. The van der Waals surface area contributed by atoms with Crippen LogP contribution < -0.4 is 11.1 Å². The van der Waals surface area contributed by atoms with Crippen molar-refractivity contribution in [3.05, 3.63) is 35.9 Å². The highest BCUT2D eigenvalue weighted by Crippen LogP contribution is 2.16. The second-order valence-corrected chi connectivity index (χ2v) is 4.47. The number of hydrogen-bond donors (Lipinski definition) is 3. The van der Waals surface area contributed by atoms with E-state index in [4.69, 9.17) is 10.8 Å². The van der Waals surface area contributed by atoms with Crippen LogP contribution in [0.3, 0.4) is 0 Å². The van der Waals surface area contributed by atoms with Crippen LogP contribution in [0.4, 0.5) is 4.79 Å². The van der Waals surface area contributed by atoms with Crippen LogP contribution in [0.1, 0.15) is 30.9 Å². The molecule has 20 heavy (non-hydrogen) atoms. The van der Waals surface area contributed by atoms with Gasteiger partial charge in [0.15, 0.2) is 0 Å². The summed E-state index contributed by atoms with van der Waals surface area (Å²) in [4.78, 5) is 22.0. The van der Waals surface area contributed by atoms with Gasteiger partial charge in [-0.15, -0.1) is 0 Å². The Morgan fingerprint density at radius 3 is 2.50 bits per heavy atom. The summed E-state index contributed by atoms with van der Waals surface area (Å²) in [5.74, 6) is -1.08. The van der Waals surface area contributed by atoms with Crippen molar-refractivity contribution in [3.8, 4) is 0 Å². The van der Waals surface area contributed by atoms with E-state index in [1.807, 2.05) is 30.3 Å². The predicted octanol–water partition coefficient (Wildman–Crippen LogP) is 1.67. The largest absolute Gasteiger partial charge is 0.480 e. The smallest absolute Gasteiger partial charge is 0.407 e. The molecule has 110 valence electrons. The number of alkyl carbamates (subject to hydrolysis) is 1. The van der Waals surface area contributed by atoms with Crippen LogP contribution in [0, 0.1) is 0 Å². The normalized spacial score (nSPS) is 13.3. The Labute approximate surface area is 117 Å². The Morgan fingerprint density at radius 1 is 1.30 bits per heavy atom. The Kier molecular flexibility index (Phi) is 6.52. The molecule has 6 heteroatoms. The van der Waals surface area contributed by atoms with E-state index in [1.54, 1.807) is 0 Å². The Hall–Kier alpha value is -2.08. The monoisotopic (exact) mass is 280 g/mol. The molecule has 2 atom stereocenters. The van der Waals surface area contributed by atoms with E-state index in [2.05, 4.69) is 10.1 Å². The molecule has 1 aromatic rings. The molecule has 0 aliphatic carbocycles. The third-order valence-corrected chi connectivity index (χ3v) is 3.01. The van der Waals surface area contributed by atoms with Crippen LogP contribution >= 0.6 is 0 Å². The SMILES string of the molecule is COC(=O)N[C@@H](CCCC(N)c1ccccc1)C(=O)O. The summed E-state index contributed by atoms with van der Waals surface area (Å²) in [6, 6.07) is 8.52. The first-order valence-corrected chi connectivity index (χ1v) is 6.42. The average Bonchev–Trinajstić information content (AvgIpc) is 2.46. The van der Waals surface area contributed by atoms with Crippen molar-refractivity contribution in [1.82, 2.24) is 5.32 Å². The fourth-order valence-corrected chi connectivity index (χ4v) is 1.87. The third-order valence-electron chi connectivity index (χ3n) is 3.01. The molecule has 0 heterocycles. The molecule has 0 saturated heterocycles. The number of rotatable bonds is 7. The maximum atomic E-state index is 11.0. The van der Waals surface area contributed by atoms with Gasteiger partial charge in [0.2, 0.25) is 0 Å². The highest BCUT2D eigenvalue weighted by Gasteiger charge is 2.20. The van der Waals surface area contributed by atoms with E-state index in [0.717, 1.165) is 5.56 Å². The molecular weight excluding hydrogens is 260 g/mol. The fourth-order valence-electron chi connectivity index (χ4n) is 1.87. The van der Waals surface area contributed by atoms with Crippen LogP contribution in [0.25, 0.3) is 0 Å². The number of methoxy groups -OCH3 is 1. The van der Waals surface area contributed by atoms with Crippen LogP contribution in [-0.4, -0.2) is 30.3 Å². The van der Waals surface area contributed by atoms with Gasteiger partial charge < -0.3 is 20.9 Å². The minimum absolute atomic E-state index is 0.135. The number of carboxylic acids is 1. The summed E-state index contributed by atoms with van der Waals surface area (Å²) in [5.41, 5.74) is 7.04. The van der Waals surface area contributed by atoms with Crippen molar-refractivity contribution in [2.24, 2.45) is 5.73 Å². The second-order valence-electron chi connectivity index (χ2n) is 4.47. The lowest BCUT2D eigenvalue weighted by molar-refractivity contribution is -0.139. The van der Waals surface area contributed by atoms with Gasteiger partial charge in [0.05, 0.1) is 7.11 Å². The van der Waals surface area contributed by atoms with Crippen molar-refractivity contribution >= 4 is 12.1 Å². The summed E-state index contributed by atoms with van der Waals surface area (Å²) >= 11 is 0. The van der Waals surface area contributed by atoms with E-state index < -0.39 is 18.1 Å². The number of ether oxygens (including phenoxy) is 1. The van der Waals surface area contributed by atoms with Crippen LogP contribution in [0.5, 0.6) is 0 Å². The number of carbonyl (C=O) groups excluding carboxylic acids is 1. The van der Waals surface area contributed by atoms with Crippen LogP contribution in [-0.2, 0) is 9.53 Å². The molecule has 0 fully saturated rings. The standard InChI is InChI=1S/C14H20N2O4/c1-20-14(19)16-12(13(17)18)9-5-8-11(15)10-6-3-2-4-7-10/h2-4,6-7,11-12H,5,8-9,15H2,1H3,(H,16,19)(H,17,18)/t11?,12-/m0/s1. The van der Waals surface area contributed by atoms with Crippen LogP contribution in [0.2, 0.25) is 0 Å². The summed E-state index contributed by atoms with van der Waals surface area (Å²) in [5, 5.41) is 11.3. The van der Waals surface area contributed by atoms with E-state index in [-0.39, 0.29) is 6.04 Å². The number of amides is 1. The molecule has 1 aromatic carbocycles. The van der Waals surface area contributed by atoms with E-state index in [0.29, 0.717) is 19.3 Å². The molecule has 0 aliphatic rings. The highest BCUT2D eigenvalue weighted by molar-refractivity contribution is 5.79. The van der Waals surface area contributed by atoms with E-state index in [9.17, 15) is 9.59 Å². The van der Waals surface area contributed by atoms with E-state index >= 15 is 0 Å². The molecule has 0 spiro atoms. The third kappa shape index (κ3) is 5.27. The van der Waals surface area contributed by atoms with Gasteiger partial charge in [-0.25, -0.2) is 9.59 Å². The quantitative estimate of drug-likeness (QED) is 0.705. The zero-order valence-electron chi connectivity index (χ0n) is 11.4. The highest BCUT2D eigenvalue weighted by atomic mass is 16.5. The fraction of sp³-hybridized carbons (Fsp3) is 0.429. The molecule has 1 rings (SSSR count). The predicted molar refractivity (Wildman–Crippen MR) is 74.2 cm³/mol. The van der Waals surface area contributed by atoms with Gasteiger partial charge in [-0.2, -0.15) is 0 Å². The van der Waals surface area contributed by atoms with Crippen molar-refractivity contribution in [2.75, 3.05) is 7.11 Å². The van der Waals surface area contributed by atoms with Gasteiger partial charge in [-0.05, 0) is 24.8 Å². The van der Waals surface area contributed by atoms with Gasteiger partial charge >= 0.3 is 12.1 Å². The Morgan fingerprint density at radius 2 is 1.95 bits per heavy atom. The molecule has 6 nitrogen and oxygen atoms in total. The first-order chi connectivity index (χ1) is 9.54. The first kappa shape index (κ1) is 16.0. The minimum Gasteiger partial charge on any atom is -0.480 e. The van der Waals surface area contributed by atoms with Crippen LogP contribution in [0.15, 0.2) is 30.3 Å². The van der Waals surface area contributed by atoms with Crippen molar-refractivity contribution in [1.29, 1.82) is 0 Å². The van der Waals surface area contributed by atoms with E-state index in [1.165, 1.54) is 7.11 Å². The summed E-state index contributed by atoms with van der Waals surface area (Å²) in [6.45, 7) is 0. The summed E-state index contributed by atoms with van der Waals surface area (Å²) in [6.07, 6.45) is 0.809. The van der Waals surface area contributed by atoms with Gasteiger partial charge in [0.1, 0.15) is 6.04 Å². The molecule has 0 bridgehead atoms. The lowest BCUT2D eigenvalue weighted by Crippen LogP contribution is -2.40. The van der Waals surface area contributed by atoms with Crippen molar-refractivity contribution in [3.63, 3.8) is 0 Å². The number of aliphatic carboxylic acids is 1. The summed E-state index contributed by atoms with van der Waals surface area (Å²) < 4.78 is 4.39. The minimum atomic E-state index is -1.08. The average molecular weight is 280 g/mol. The lowest BCUT2D eigenvalue weighted by atomic mass is 10.00. The second kappa shape index (κ2) is 8.16. The molecule has 0 aromatic heterocycles. The molecule has 1 amide bonds. The summed E-state index contributed by atoms with van der Waals surface area (Å²) in [7, 11) is 1.19. The molecule has 4 N–H and O–H groups in total. The molecule has 0 aliphatic heterocycles. The maximum Gasteiger partial charge on any atom is 0.407 e. The topological polar surface area (TPSA) is 102 Å². The number of carbonyl (C=O) groups is 2. The zero-order valence-corrected chi connectivity index (χ0v) is 11.4. The zero-order chi connectivity index (χ0) is 15.0. The number of nitrogens with two attached hydrogens (primary N) is 1. The van der Waals surface area contributed by atoms with Crippen molar-refractivity contribution in [2.45, 2.75) is 31.3 Å². The van der Waals surface area contributed by atoms with Gasteiger partial charge in [0.25, 0.3) is 0 Å². The number of benzene rings is 1. The Balaban J connectivity index is 2.40. The molecular formula is C14H20N2O4. The van der Waals surface area contributed by atoms with Gasteiger partial charge in [-0.1, -0.05) is 30.3 Å². The maximum absolute atomic E-state index is 11.0.